The Kier molecular flexibility index (Phi) is 24.2. The van der Waals surface area contributed by atoms with Crippen LogP contribution in [0.3, 0.4) is 0 Å². The molecule has 0 aliphatic heterocycles. The molecule has 28 heavy (non-hydrogen) atoms. The molecule has 0 aromatic heterocycles. The van der Waals surface area contributed by atoms with Crippen LogP contribution < -0.4 is 0 Å². The van der Waals surface area contributed by atoms with E-state index in [9.17, 15) is 0 Å². The SMILES string of the molecule is CC#CCCCCCCCCCC(CC)CCCCCCCCCCCCC. The Balaban J connectivity index is 3.30. The summed E-state index contributed by atoms with van der Waals surface area (Å²) in [5.41, 5.74) is 0. The largest absolute Gasteiger partial charge is 0.107 e. The summed E-state index contributed by atoms with van der Waals surface area (Å²) in [6, 6.07) is 0. The molecule has 1 unspecified atom stereocenters. The predicted molar refractivity (Wildman–Crippen MR) is 130 cm³/mol. The topological polar surface area (TPSA) is 0 Å². The Labute approximate surface area is 180 Å². The number of unbranched alkanes of at least 4 members (excludes halogenated alkanes) is 17. The molecule has 0 saturated heterocycles. The molecule has 0 rings (SSSR count). The van der Waals surface area contributed by atoms with Gasteiger partial charge in [0, 0.05) is 6.42 Å². The van der Waals surface area contributed by atoms with Crippen LogP contribution in [0.25, 0.3) is 0 Å². The van der Waals surface area contributed by atoms with E-state index in [-0.39, 0.29) is 0 Å². The van der Waals surface area contributed by atoms with Crippen molar-refractivity contribution in [2.75, 3.05) is 0 Å². The van der Waals surface area contributed by atoms with Crippen LogP contribution in [-0.2, 0) is 0 Å². The number of hydrogen-bond acceptors (Lipinski definition) is 0. The zero-order chi connectivity index (χ0) is 20.5. The molecule has 0 radical (unpaired) electrons. The van der Waals surface area contributed by atoms with Crippen molar-refractivity contribution in [1.82, 2.24) is 0 Å². The first kappa shape index (κ1) is 27.6. The summed E-state index contributed by atoms with van der Waals surface area (Å²) in [7, 11) is 0. The molecule has 0 bridgehead atoms. The van der Waals surface area contributed by atoms with E-state index < -0.39 is 0 Å². The molecule has 0 N–H and O–H groups in total. The van der Waals surface area contributed by atoms with Crippen molar-refractivity contribution >= 4 is 0 Å². The second-order valence-electron chi connectivity index (χ2n) is 9.04. The average molecular weight is 391 g/mol. The minimum absolute atomic E-state index is 1.01. The lowest BCUT2D eigenvalue weighted by molar-refractivity contribution is 0.392. The van der Waals surface area contributed by atoms with Crippen molar-refractivity contribution in [3.8, 4) is 11.8 Å². The normalized spacial score (nSPS) is 12.0. The van der Waals surface area contributed by atoms with Crippen LogP contribution in [0.4, 0.5) is 0 Å². The second kappa shape index (κ2) is 24.6. The van der Waals surface area contributed by atoms with Gasteiger partial charge in [-0.15, -0.1) is 11.8 Å². The summed E-state index contributed by atoms with van der Waals surface area (Å²) in [4.78, 5) is 0. The van der Waals surface area contributed by atoms with E-state index in [0.29, 0.717) is 0 Å². The molecule has 0 aliphatic carbocycles. The summed E-state index contributed by atoms with van der Waals surface area (Å²) in [6.45, 7) is 6.65. The summed E-state index contributed by atoms with van der Waals surface area (Å²) in [6.07, 6.45) is 31.5. The van der Waals surface area contributed by atoms with E-state index in [1.54, 1.807) is 0 Å². The minimum Gasteiger partial charge on any atom is -0.107 e. The monoisotopic (exact) mass is 390 g/mol. The van der Waals surface area contributed by atoms with Crippen molar-refractivity contribution in [3.05, 3.63) is 0 Å². The first-order chi connectivity index (χ1) is 13.8. The molecule has 0 nitrogen and oxygen atoms in total. The highest BCUT2D eigenvalue weighted by atomic mass is 14.1. The molecule has 0 aromatic carbocycles. The van der Waals surface area contributed by atoms with Crippen LogP contribution in [0.1, 0.15) is 162 Å². The first-order valence-electron chi connectivity index (χ1n) is 13.2. The molecule has 166 valence electrons. The zero-order valence-corrected chi connectivity index (χ0v) is 20.1. The molecule has 0 spiro atoms. The molecular formula is C28H54. The van der Waals surface area contributed by atoms with Gasteiger partial charge in [-0.3, -0.25) is 0 Å². The summed E-state index contributed by atoms with van der Waals surface area (Å²) < 4.78 is 0. The van der Waals surface area contributed by atoms with E-state index in [2.05, 4.69) is 25.7 Å². The van der Waals surface area contributed by atoms with Gasteiger partial charge in [-0.05, 0) is 19.3 Å². The lowest BCUT2D eigenvalue weighted by Gasteiger charge is -2.14. The molecule has 1 atom stereocenters. The van der Waals surface area contributed by atoms with Crippen molar-refractivity contribution < 1.29 is 0 Å². The standard InChI is InChI=1S/C28H54/c1-4-7-9-11-13-15-17-19-21-23-25-27-28(6-3)26-24-22-20-18-16-14-12-10-8-5-2/h28H,4,6-7,9-27H2,1-3H3. The van der Waals surface area contributed by atoms with Crippen molar-refractivity contribution in [3.63, 3.8) is 0 Å². The molecule has 0 heteroatoms. The van der Waals surface area contributed by atoms with Crippen molar-refractivity contribution in [1.29, 1.82) is 0 Å². The Bertz CT molecular complexity index is 332. The smallest absolute Gasteiger partial charge is 0.00885 e. The van der Waals surface area contributed by atoms with Crippen LogP contribution in [0.2, 0.25) is 0 Å². The second-order valence-corrected chi connectivity index (χ2v) is 9.04. The minimum atomic E-state index is 1.01. The van der Waals surface area contributed by atoms with Gasteiger partial charge in [-0.2, -0.15) is 0 Å². The molecule has 0 aliphatic rings. The molecule has 0 saturated carbocycles. The van der Waals surface area contributed by atoms with E-state index in [1.807, 2.05) is 6.92 Å². The van der Waals surface area contributed by atoms with Gasteiger partial charge in [0.2, 0.25) is 0 Å². The molecule has 0 amide bonds. The Morgan fingerprint density at radius 2 is 0.893 bits per heavy atom. The van der Waals surface area contributed by atoms with Crippen LogP contribution in [0.15, 0.2) is 0 Å². The Morgan fingerprint density at radius 3 is 1.29 bits per heavy atom. The fourth-order valence-electron chi connectivity index (χ4n) is 4.31. The lowest BCUT2D eigenvalue weighted by atomic mass is 9.92. The predicted octanol–water partition coefficient (Wildman–Crippen LogP) is 10.2. The first-order valence-corrected chi connectivity index (χ1v) is 13.2. The maximum Gasteiger partial charge on any atom is 0.00885 e. The highest BCUT2D eigenvalue weighted by molar-refractivity contribution is 4.94. The lowest BCUT2D eigenvalue weighted by Crippen LogP contribution is -1.99. The fraction of sp³-hybridized carbons (Fsp3) is 0.929. The van der Waals surface area contributed by atoms with E-state index in [1.165, 1.54) is 135 Å². The molecular weight excluding hydrogens is 336 g/mol. The number of rotatable bonds is 22. The third kappa shape index (κ3) is 21.9. The van der Waals surface area contributed by atoms with Gasteiger partial charge in [-0.25, -0.2) is 0 Å². The van der Waals surface area contributed by atoms with Gasteiger partial charge in [-0.1, -0.05) is 142 Å². The van der Waals surface area contributed by atoms with Crippen LogP contribution in [0.5, 0.6) is 0 Å². The van der Waals surface area contributed by atoms with Gasteiger partial charge in [0.05, 0.1) is 0 Å². The molecule has 0 fully saturated rings. The molecule has 0 aromatic rings. The van der Waals surface area contributed by atoms with Gasteiger partial charge < -0.3 is 0 Å². The zero-order valence-electron chi connectivity index (χ0n) is 20.1. The van der Waals surface area contributed by atoms with Crippen molar-refractivity contribution in [2.24, 2.45) is 5.92 Å². The summed E-state index contributed by atoms with van der Waals surface area (Å²) >= 11 is 0. The van der Waals surface area contributed by atoms with E-state index >= 15 is 0 Å². The fourth-order valence-corrected chi connectivity index (χ4v) is 4.31. The van der Waals surface area contributed by atoms with Gasteiger partial charge >= 0.3 is 0 Å². The summed E-state index contributed by atoms with van der Waals surface area (Å²) in [5, 5.41) is 0. The van der Waals surface area contributed by atoms with Crippen LogP contribution in [-0.4, -0.2) is 0 Å². The maximum atomic E-state index is 3.17. The average Bonchev–Trinajstić information content (AvgIpc) is 2.71. The van der Waals surface area contributed by atoms with E-state index in [0.717, 1.165) is 12.3 Å². The highest BCUT2D eigenvalue weighted by Gasteiger charge is 2.06. The van der Waals surface area contributed by atoms with Gasteiger partial charge in [0.1, 0.15) is 0 Å². The summed E-state index contributed by atoms with van der Waals surface area (Å²) in [5.74, 6) is 7.17. The van der Waals surface area contributed by atoms with Crippen molar-refractivity contribution in [2.45, 2.75) is 162 Å². The van der Waals surface area contributed by atoms with Gasteiger partial charge in [0.15, 0.2) is 0 Å². The third-order valence-electron chi connectivity index (χ3n) is 6.38. The Hall–Kier alpha value is -0.440. The number of hydrogen-bond donors (Lipinski definition) is 0. The molecule has 0 heterocycles. The third-order valence-corrected chi connectivity index (χ3v) is 6.38. The Morgan fingerprint density at radius 1 is 0.500 bits per heavy atom. The van der Waals surface area contributed by atoms with Gasteiger partial charge in [0.25, 0.3) is 0 Å². The van der Waals surface area contributed by atoms with Crippen LogP contribution in [0, 0.1) is 17.8 Å². The van der Waals surface area contributed by atoms with E-state index in [4.69, 9.17) is 0 Å². The quantitative estimate of drug-likeness (QED) is 0.127. The highest BCUT2D eigenvalue weighted by Crippen LogP contribution is 2.22. The maximum absolute atomic E-state index is 3.17. The van der Waals surface area contributed by atoms with Crippen LogP contribution >= 0.6 is 0 Å².